The largest absolute Gasteiger partial charge is 0.465 e. The molecule has 0 saturated carbocycles. The second-order valence-electron chi connectivity index (χ2n) is 3.41. The Labute approximate surface area is 91.4 Å². The van der Waals surface area contributed by atoms with E-state index in [4.69, 9.17) is 4.74 Å². The Hall–Kier alpha value is -0.830. The lowest BCUT2D eigenvalue weighted by Crippen LogP contribution is -2.22. The number of ether oxygens (including phenoxy) is 1. The topological polar surface area (TPSA) is 26.3 Å². The van der Waals surface area contributed by atoms with E-state index in [1.165, 1.54) is 0 Å². The molecule has 0 bridgehead atoms. The normalized spacial score (nSPS) is 21.8. The Bertz CT molecular complexity index is 332. The maximum atomic E-state index is 11.4. The minimum absolute atomic E-state index is 0.0585. The third-order valence-corrected chi connectivity index (χ3v) is 2.97. The molecule has 1 aliphatic rings. The fourth-order valence-corrected chi connectivity index (χ4v) is 1.94. The molecule has 1 heterocycles. The number of carbonyl (C=O) groups is 1. The van der Waals surface area contributed by atoms with Gasteiger partial charge in [0.15, 0.2) is 0 Å². The summed E-state index contributed by atoms with van der Waals surface area (Å²) in [6.45, 7) is 0.575. The number of esters is 1. The fraction of sp³-hybridized carbons (Fsp3) is 0.364. The van der Waals surface area contributed by atoms with Crippen molar-refractivity contribution in [2.75, 3.05) is 6.61 Å². The van der Waals surface area contributed by atoms with Crippen molar-refractivity contribution in [2.45, 2.75) is 18.8 Å². The highest BCUT2D eigenvalue weighted by Crippen LogP contribution is 2.27. The SMILES string of the molecule is O=C1OCCC[C@H]1c1ccc(Br)cc1. The van der Waals surface area contributed by atoms with Gasteiger partial charge in [-0.05, 0) is 30.5 Å². The number of hydrogen-bond donors (Lipinski definition) is 0. The summed E-state index contributed by atoms with van der Waals surface area (Å²) < 4.78 is 6.06. The number of cyclic esters (lactones) is 1. The summed E-state index contributed by atoms with van der Waals surface area (Å²) in [4.78, 5) is 11.4. The van der Waals surface area contributed by atoms with Crippen molar-refractivity contribution in [1.82, 2.24) is 0 Å². The van der Waals surface area contributed by atoms with Gasteiger partial charge in [-0.15, -0.1) is 0 Å². The van der Waals surface area contributed by atoms with Gasteiger partial charge < -0.3 is 4.74 Å². The lowest BCUT2D eigenvalue weighted by Gasteiger charge is -2.21. The van der Waals surface area contributed by atoms with E-state index in [0.717, 1.165) is 22.9 Å². The second kappa shape index (κ2) is 4.13. The van der Waals surface area contributed by atoms with E-state index in [2.05, 4.69) is 15.9 Å². The van der Waals surface area contributed by atoms with Gasteiger partial charge in [0.25, 0.3) is 0 Å². The summed E-state index contributed by atoms with van der Waals surface area (Å²) in [6, 6.07) is 7.86. The highest BCUT2D eigenvalue weighted by molar-refractivity contribution is 9.10. The number of hydrogen-bond acceptors (Lipinski definition) is 2. The molecule has 0 spiro atoms. The second-order valence-corrected chi connectivity index (χ2v) is 4.33. The Balaban J connectivity index is 2.20. The summed E-state index contributed by atoms with van der Waals surface area (Å²) >= 11 is 3.37. The summed E-state index contributed by atoms with van der Waals surface area (Å²) in [7, 11) is 0. The van der Waals surface area contributed by atoms with Crippen LogP contribution in [0.3, 0.4) is 0 Å². The first-order valence-corrected chi connectivity index (χ1v) is 5.49. The molecule has 3 heteroatoms. The maximum absolute atomic E-state index is 11.4. The third kappa shape index (κ3) is 1.98. The van der Waals surface area contributed by atoms with Crippen LogP contribution in [0.1, 0.15) is 24.3 Å². The molecule has 0 aromatic heterocycles. The zero-order valence-electron chi connectivity index (χ0n) is 7.70. The number of rotatable bonds is 1. The van der Waals surface area contributed by atoms with Crippen molar-refractivity contribution < 1.29 is 9.53 Å². The van der Waals surface area contributed by atoms with Gasteiger partial charge in [-0.3, -0.25) is 4.79 Å². The van der Waals surface area contributed by atoms with Gasteiger partial charge in [0.1, 0.15) is 0 Å². The molecule has 14 heavy (non-hydrogen) atoms. The van der Waals surface area contributed by atoms with E-state index >= 15 is 0 Å². The van der Waals surface area contributed by atoms with E-state index in [1.54, 1.807) is 0 Å². The van der Waals surface area contributed by atoms with Crippen molar-refractivity contribution in [1.29, 1.82) is 0 Å². The molecule has 0 unspecified atom stereocenters. The molecule has 74 valence electrons. The average molecular weight is 255 g/mol. The predicted molar refractivity (Wildman–Crippen MR) is 57.1 cm³/mol. The van der Waals surface area contributed by atoms with E-state index in [0.29, 0.717) is 6.61 Å². The molecule has 2 rings (SSSR count). The molecule has 0 aliphatic carbocycles. The van der Waals surface area contributed by atoms with Crippen LogP contribution in [-0.4, -0.2) is 12.6 Å². The Morgan fingerprint density at radius 3 is 2.64 bits per heavy atom. The summed E-state index contributed by atoms with van der Waals surface area (Å²) in [5.74, 6) is -0.143. The van der Waals surface area contributed by atoms with E-state index < -0.39 is 0 Å². The van der Waals surface area contributed by atoms with Crippen molar-refractivity contribution in [2.24, 2.45) is 0 Å². The first-order chi connectivity index (χ1) is 6.77. The van der Waals surface area contributed by atoms with Crippen LogP contribution in [0.5, 0.6) is 0 Å². The van der Waals surface area contributed by atoms with Crippen LogP contribution in [0.25, 0.3) is 0 Å². The molecular weight excluding hydrogens is 244 g/mol. The van der Waals surface area contributed by atoms with Crippen LogP contribution in [-0.2, 0) is 9.53 Å². The highest BCUT2D eigenvalue weighted by Gasteiger charge is 2.25. The minimum atomic E-state index is -0.0847. The standard InChI is InChI=1S/C11H11BrO2/c12-9-5-3-8(4-6-9)10-2-1-7-14-11(10)13/h3-6,10H,1-2,7H2/t10-/m0/s1. The molecule has 1 atom stereocenters. The number of halogens is 1. The molecule has 0 amide bonds. The first kappa shape index (κ1) is 9.71. The molecule has 1 aliphatic heterocycles. The quantitative estimate of drug-likeness (QED) is 0.721. The van der Waals surface area contributed by atoms with E-state index in [9.17, 15) is 4.79 Å². The molecule has 1 aromatic carbocycles. The van der Waals surface area contributed by atoms with Crippen molar-refractivity contribution in [3.8, 4) is 0 Å². The van der Waals surface area contributed by atoms with Crippen LogP contribution < -0.4 is 0 Å². The lowest BCUT2D eigenvalue weighted by atomic mass is 9.93. The first-order valence-electron chi connectivity index (χ1n) is 4.69. The smallest absolute Gasteiger partial charge is 0.313 e. The third-order valence-electron chi connectivity index (χ3n) is 2.44. The molecule has 1 aromatic rings. The van der Waals surface area contributed by atoms with Gasteiger partial charge in [-0.2, -0.15) is 0 Å². The lowest BCUT2D eigenvalue weighted by molar-refractivity contribution is -0.149. The summed E-state index contributed by atoms with van der Waals surface area (Å²) in [5.41, 5.74) is 1.05. The highest BCUT2D eigenvalue weighted by atomic mass is 79.9. The molecule has 0 N–H and O–H groups in total. The van der Waals surface area contributed by atoms with Crippen LogP contribution in [0.15, 0.2) is 28.7 Å². The van der Waals surface area contributed by atoms with Crippen LogP contribution >= 0.6 is 15.9 Å². The molecular formula is C11H11BrO2. The fourth-order valence-electron chi connectivity index (χ4n) is 1.68. The van der Waals surface area contributed by atoms with Gasteiger partial charge in [-0.25, -0.2) is 0 Å². The molecule has 1 saturated heterocycles. The zero-order valence-corrected chi connectivity index (χ0v) is 9.29. The monoisotopic (exact) mass is 254 g/mol. The van der Waals surface area contributed by atoms with Crippen molar-refractivity contribution in [3.05, 3.63) is 34.3 Å². The summed E-state index contributed by atoms with van der Waals surface area (Å²) in [5, 5.41) is 0. The van der Waals surface area contributed by atoms with Crippen LogP contribution in [0.2, 0.25) is 0 Å². The van der Waals surface area contributed by atoms with Crippen LogP contribution in [0, 0.1) is 0 Å². The Morgan fingerprint density at radius 2 is 2.00 bits per heavy atom. The molecule has 1 fully saturated rings. The minimum Gasteiger partial charge on any atom is -0.465 e. The summed E-state index contributed by atoms with van der Waals surface area (Å²) in [6.07, 6.45) is 1.87. The molecule has 0 radical (unpaired) electrons. The average Bonchev–Trinajstić information content (AvgIpc) is 2.20. The predicted octanol–water partition coefficient (Wildman–Crippen LogP) is 2.87. The van der Waals surface area contributed by atoms with Gasteiger partial charge in [0, 0.05) is 4.47 Å². The van der Waals surface area contributed by atoms with Gasteiger partial charge in [0.05, 0.1) is 12.5 Å². The van der Waals surface area contributed by atoms with E-state index in [1.807, 2.05) is 24.3 Å². The van der Waals surface area contributed by atoms with Gasteiger partial charge in [0.2, 0.25) is 0 Å². The Kier molecular flexibility index (Phi) is 2.87. The Morgan fingerprint density at radius 1 is 1.29 bits per heavy atom. The molecule has 2 nitrogen and oxygen atoms in total. The van der Waals surface area contributed by atoms with Gasteiger partial charge in [-0.1, -0.05) is 28.1 Å². The van der Waals surface area contributed by atoms with Crippen molar-refractivity contribution in [3.63, 3.8) is 0 Å². The van der Waals surface area contributed by atoms with Crippen LogP contribution in [0.4, 0.5) is 0 Å². The van der Waals surface area contributed by atoms with E-state index in [-0.39, 0.29) is 11.9 Å². The zero-order chi connectivity index (χ0) is 9.97. The number of carbonyl (C=O) groups excluding carboxylic acids is 1. The van der Waals surface area contributed by atoms with Crippen molar-refractivity contribution >= 4 is 21.9 Å². The maximum Gasteiger partial charge on any atom is 0.313 e. The number of benzene rings is 1. The van der Waals surface area contributed by atoms with Gasteiger partial charge >= 0.3 is 5.97 Å².